The van der Waals surface area contributed by atoms with Crippen molar-refractivity contribution < 1.29 is 19.7 Å². The van der Waals surface area contributed by atoms with E-state index in [1.807, 2.05) is 6.92 Å². The molecular weight excluding hydrogens is 354 g/mol. The van der Waals surface area contributed by atoms with Gasteiger partial charge in [-0.25, -0.2) is 14.8 Å². The third kappa shape index (κ3) is 3.97. The Morgan fingerprint density at radius 2 is 1.92 bits per heavy atom. The summed E-state index contributed by atoms with van der Waals surface area (Å²) in [6.07, 6.45) is 6.74. The molecule has 0 spiro atoms. The van der Waals surface area contributed by atoms with Gasteiger partial charge in [-0.2, -0.15) is 0 Å². The molecule has 142 valence electrons. The number of fused-ring (bicyclic) bond motifs is 1. The molecule has 0 aliphatic heterocycles. The van der Waals surface area contributed by atoms with E-state index in [0.717, 1.165) is 36.6 Å². The monoisotopic (exact) mass is 379 g/mol. The molecule has 1 saturated carbocycles. The maximum atomic E-state index is 12.7. The Morgan fingerprint density at radius 3 is 2.58 bits per heavy atom. The molecule has 0 atom stereocenters. The zero-order chi connectivity index (χ0) is 18.5. The molecule has 0 saturated heterocycles. The number of aryl methyl sites for hydroxylation is 1. The van der Waals surface area contributed by atoms with Gasteiger partial charge in [0.15, 0.2) is 0 Å². The first-order valence-electron chi connectivity index (χ1n) is 9.07. The number of aliphatic hydroxyl groups excluding tert-OH is 2. The molecule has 3 rings (SSSR count). The first-order chi connectivity index (χ1) is 12.7. The van der Waals surface area contributed by atoms with Gasteiger partial charge in [0.25, 0.3) is 0 Å². The second kappa shape index (κ2) is 8.75. The highest BCUT2D eigenvalue weighted by atomic mass is 32.1. The highest BCUT2D eigenvalue weighted by molar-refractivity contribution is 7.20. The average Bonchev–Trinajstić information content (AvgIpc) is 2.99. The van der Waals surface area contributed by atoms with E-state index in [4.69, 9.17) is 4.74 Å². The van der Waals surface area contributed by atoms with Crippen molar-refractivity contribution in [3.8, 4) is 0 Å². The van der Waals surface area contributed by atoms with Crippen molar-refractivity contribution in [3.05, 3.63) is 16.8 Å². The molecule has 2 aromatic rings. The van der Waals surface area contributed by atoms with Crippen LogP contribution in [0.5, 0.6) is 0 Å². The predicted octanol–water partition coefficient (Wildman–Crippen LogP) is 2.28. The number of ether oxygens (including phenoxy) is 1. The van der Waals surface area contributed by atoms with Crippen LogP contribution < -0.4 is 4.90 Å². The first-order valence-corrected chi connectivity index (χ1v) is 9.89. The molecule has 0 radical (unpaired) electrons. The van der Waals surface area contributed by atoms with Crippen LogP contribution in [0.4, 0.5) is 5.82 Å². The van der Waals surface area contributed by atoms with Gasteiger partial charge in [0.2, 0.25) is 0 Å². The summed E-state index contributed by atoms with van der Waals surface area (Å²) in [5, 5.41) is 19.4. The Labute approximate surface area is 156 Å². The highest BCUT2D eigenvalue weighted by Crippen LogP contribution is 2.35. The first kappa shape index (κ1) is 19.0. The van der Waals surface area contributed by atoms with Crippen LogP contribution in [0.25, 0.3) is 10.2 Å². The fourth-order valence-electron chi connectivity index (χ4n) is 3.44. The van der Waals surface area contributed by atoms with Gasteiger partial charge in [0.1, 0.15) is 28.0 Å². The maximum absolute atomic E-state index is 12.7. The van der Waals surface area contributed by atoms with E-state index < -0.39 is 0 Å². The summed E-state index contributed by atoms with van der Waals surface area (Å²) in [5.41, 5.74) is 0.794. The number of aromatic nitrogens is 2. The molecule has 2 N–H and O–H groups in total. The summed E-state index contributed by atoms with van der Waals surface area (Å²) in [6, 6.07) is 0. The van der Waals surface area contributed by atoms with Crippen molar-refractivity contribution >= 4 is 33.3 Å². The van der Waals surface area contributed by atoms with Crippen LogP contribution in [0.1, 0.15) is 47.3 Å². The standard InChI is InChI=1S/C18H25N3O4S/c1-12-14-16(21(7-9-22)8-10-23)19-11-20-17(14)26-15(12)18(24)25-13-5-3-2-4-6-13/h11,13,22-23H,2-10H2,1H3. The quantitative estimate of drug-likeness (QED) is 0.713. The molecule has 0 amide bonds. The molecule has 26 heavy (non-hydrogen) atoms. The molecule has 1 aliphatic carbocycles. The number of hydrogen-bond acceptors (Lipinski definition) is 8. The van der Waals surface area contributed by atoms with Gasteiger partial charge in [-0.15, -0.1) is 11.3 Å². The van der Waals surface area contributed by atoms with Crippen molar-refractivity contribution in [3.63, 3.8) is 0 Å². The van der Waals surface area contributed by atoms with Gasteiger partial charge in [0, 0.05) is 13.1 Å². The lowest BCUT2D eigenvalue weighted by molar-refractivity contribution is 0.0216. The minimum absolute atomic E-state index is 0.00620. The van der Waals surface area contributed by atoms with Crippen LogP contribution in [0, 0.1) is 6.92 Å². The Kier molecular flexibility index (Phi) is 6.39. The number of rotatable bonds is 7. The molecule has 8 heteroatoms. The highest BCUT2D eigenvalue weighted by Gasteiger charge is 2.25. The van der Waals surface area contributed by atoms with Gasteiger partial charge in [-0.3, -0.25) is 0 Å². The topological polar surface area (TPSA) is 95.8 Å². The van der Waals surface area contributed by atoms with Crippen molar-refractivity contribution in [2.24, 2.45) is 0 Å². The molecule has 0 bridgehead atoms. The molecule has 7 nitrogen and oxygen atoms in total. The average molecular weight is 379 g/mol. The van der Waals surface area contributed by atoms with Gasteiger partial charge < -0.3 is 19.8 Å². The summed E-state index contributed by atoms with van der Waals surface area (Å²) in [5.74, 6) is 0.336. The Morgan fingerprint density at radius 1 is 1.23 bits per heavy atom. The Balaban J connectivity index is 1.92. The van der Waals surface area contributed by atoms with Gasteiger partial charge >= 0.3 is 5.97 Å². The van der Waals surface area contributed by atoms with Crippen LogP contribution in [-0.2, 0) is 4.74 Å². The fraction of sp³-hybridized carbons (Fsp3) is 0.611. The van der Waals surface area contributed by atoms with E-state index >= 15 is 0 Å². The van der Waals surface area contributed by atoms with Crippen molar-refractivity contribution in [1.82, 2.24) is 9.97 Å². The number of carbonyl (C=O) groups excluding carboxylic acids is 1. The third-order valence-electron chi connectivity index (χ3n) is 4.76. The number of esters is 1. The molecular formula is C18H25N3O4S. The van der Waals surface area contributed by atoms with Crippen molar-refractivity contribution in [2.45, 2.75) is 45.1 Å². The predicted molar refractivity (Wildman–Crippen MR) is 101 cm³/mol. The number of thiophene rings is 1. The second-order valence-electron chi connectivity index (χ2n) is 6.53. The summed E-state index contributed by atoms with van der Waals surface area (Å²) in [6.45, 7) is 2.48. The maximum Gasteiger partial charge on any atom is 0.348 e. The summed E-state index contributed by atoms with van der Waals surface area (Å²) < 4.78 is 5.71. The number of carbonyl (C=O) groups is 1. The summed E-state index contributed by atoms with van der Waals surface area (Å²) in [4.78, 5) is 24.4. The van der Waals surface area contributed by atoms with E-state index in [-0.39, 0.29) is 25.3 Å². The lowest BCUT2D eigenvalue weighted by Gasteiger charge is -2.22. The number of aliphatic hydroxyl groups is 2. The lowest BCUT2D eigenvalue weighted by atomic mass is 9.98. The van der Waals surface area contributed by atoms with Gasteiger partial charge in [0.05, 0.1) is 18.6 Å². The SMILES string of the molecule is Cc1c(C(=O)OC2CCCCC2)sc2ncnc(N(CCO)CCO)c12. The minimum atomic E-state index is -0.292. The zero-order valence-corrected chi connectivity index (χ0v) is 15.8. The Hall–Kier alpha value is -1.77. The van der Waals surface area contributed by atoms with E-state index in [9.17, 15) is 15.0 Å². The van der Waals surface area contributed by atoms with Gasteiger partial charge in [-0.05, 0) is 38.2 Å². The summed E-state index contributed by atoms with van der Waals surface area (Å²) >= 11 is 1.31. The van der Waals surface area contributed by atoms with E-state index in [0.29, 0.717) is 28.6 Å². The zero-order valence-electron chi connectivity index (χ0n) is 15.0. The smallest absolute Gasteiger partial charge is 0.348 e. The van der Waals surface area contributed by atoms with Crippen LogP contribution in [0.2, 0.25) is 0 Å². The van der Waals surface area contributed by atoms with Crippen LogP contribution in [-0.4, -0.2) is 58.6 Å². The van der Waals surface area contributed by atoms with Gasteiger partial charge in [-0.1, -0.05) is 6.42 Å². The molecule has 0 aromatic carbocycles. The lowest BCUT2D eigenvalue weighted by Crippen LogP contribution is -2.30. The third-order valence-corrected chi connectivity index (χ3v) is 5.94. The minimum Gasteiger partial charge on any atom is -0.458 e. The molecule has 1 aliphatic rings. The molecule has 2 heterocycles. The number of nitrogens with zero attached hydrogens (tertiary/aromatic N) is 3. The van der Waals surface area contributed by atoms with E-state index in [2.05, 4.69) is 9.97 Å². The van der Waals surface area contributed by atoms with Crippen LogP contribution >= 0.6 is 11.3 Å². The fourth-order valence-corrected chi connectivity index (χ4v) is 4.47. The normalized spacial score (nSPS) is 15.3. The number of hydrogen-bond donors (Lipinski definition) is 2. The van der Waals surface area contributed by atoms with E-state index in [1.54, 1.807) is 4.90 Å². The van der Waals surface area contributed by atoms with Crippen molar-refractivity contribution in [1.29, 1.82) is 0 Å². The van der Waals surface area contributed by atoms with Crippen LogP contribution in [0.3, 0.4) is 0 Å². The van der Waals surface area contributed by atoms with Crippen molar-refractivity contribution in [2.75, 3.05) is 31.2 Å². The number of anilines is 1. The molecule has 2 aromatic heterocycles. The second-order valence-corrected chi connectivity index (χ2v) is 7.53. The van der Waals surface area contributed by atoms with E-state index in [1.165, 1.54) is 24.1 Å². The molecule has 1 fully saturated rings. The Bertz CT molecular complexity index is 752. The largest absolute Gasteiger partial charge is 0.458 e. The van der Waals surface area contributed by atoms with Crippen LogP contribution in [0.15, 0.2) is 6.33 Å². The summed E-state index contributed by atoms with van der Waals surface area (Å²) in [7, 11) is 0. The molecule has 0 unspecified atom stereocenters.